The van der Waals surface area contributed by atoms with Crippen LogP contribution in [0.15, 0.2) is 16.9 Å². The van der Waals surface area contributed by atoms with Crippen LogP contribution in [0.4, 0.5) is 0 Å². The summed E-state index contributed by atoms with van der Waals surface area (Å²) >= 11 is 0. The lowest BCUT2D eigenvalue weighted by molar-refractivity contribution is -0.137. The van der Waals surface area contributed by atoms with Crippen molar-refractivity contribution in [3.05, 3.63) is 28.2 Å². The highest BCUT2D eigenvalue weighted by Crippen LogP contribution is 2.38. The van der Waals surface area contributed by atoms with Gasteiger partial charge in [0.15, 0.2) is 0 Å². The normalized spacial score (nSPS) is 23.8. The largest absolute Gasteiger partial charge is 0.338 e. The fraction of sp³-hybridized carbons (Fsp3) is 0.722. The molecule has 1 aliphatic heterocycles. The van der Waals surface area contributed by atoms with E-state index in [0.29, 0.717) is 5.92 Å². The summed E-state index contributed by atoms with van der Waals surface area (Å²) in [5.74, 6) is 0.496. The van der Waals surface area contributed by atoms with Crippen LogP contribution in [0.5, 0.6) is 0 Å². The molecule has 0 N–H and O–H groups in total. The van der Waals surface area contributed by atoms with E-state index in [-0.39, 0.29) is 11.5 Å². The van der Waals surface area contributed by atoms with Crippen molar-refractivity contribution >= 4 is 5.91 Å². The summed E-state index contributed by atoms with van der Waals surface area (Å²) in [4.78, 5) is 29.4. The Morgan fingerprint density at radius 1 is 1.12 bits per heavy atom. The zero-order valence-electron chi connectivity index (χ0n) is 14.4. The molecule has 6 heteroatoms. The molecule has 1 atom stereocenters. The topological polar surface area (TPSA) is 58.4 Å². The number of hydrogen-bond donors (Lipinski definition) is 0. The van der Waals surface area contributed by atoms with E-state index in [1.807, 2.05) is 11.0 Å². The van der Waals surface area contributed by atoms with Crippen molar-refractivity contribution in [1.82, 2.24) is 19.6 Å². The predicted molar refractivity (Wildman–Crippen MR) is 91.0 cm³/mol. The number of rotatable bonds is 4. The van der Waals surface area contributed by atoms with Crippen LogP contribution in [0.25, 0.3) is 0 Å². The smallest absolute Gasteiger partial charge is 0.267 e. The van der Waals surface area contributed by atoms with Crippen LogP contribution in [0.3, 0.4) is 0 Å². The Morgan fingerprint density at radius 2 is 1.83 bits per heavy atom. The standard InChI is InChI=1S/C18H26N4O2/c1-13(22-17(23)8-7-16(19-22)14-5-6-14)18(24)21-11-9-20(10-12-21)15-3-2-4-15/h7-8,13-15H,2-6,9-12H2,1H3. The Bertz CT molecular complexity index is 670. The van der Waals surface area contributed by atoms with Gasteiger partial charge in [-0.15, -0.1) is 0 Å². The van der Waals surface area contributed by atoms with Gasteiger partial charge in [-0.05, 0) is 38.7 Å². The molecular weight excluding hydrogens is 304 g/mol. The maximum Gasteiger partial charge on any atom is 0.267 e. The van der Waals surface area contributed by atoms with E-state index in [1.165, 1.54) is 23.9 Å². The van der Waals surface area contributed by atoms with E-state index >= 15 is 0 Å². The molecule has 2 saturated carbocycles. The molecule has 130 valence electrons. The number of piperazine rings is 1. The summed E-state index contributed by atoms with van der Waals surface area (Å²) < 4.78 is 1.38. The highest BCUT2D eigenvalue weighted by Gasteiger charge is 2.32. The van der Waals surface area contributed by atoms with Crippen LogP contribution in [0.2, 0.25) is 0 Å². The molecule has 3 fully saturated rings. The van der Waals surface area contributed by atoms with E-state index in [9.17, 15) is 9.59 Å². The summed E-state index contributed by atoms with van der Waals surface area (Å²) in [6, 6.07) is 3.58. The molecule has 0 radical (unpaired) electrons. The SMILES string of the molecule is CC(C(=O)N1CCN(C2CCC2)CC1)n1nc(C2CC2)ccc1=O. The molecule has 0 aromatic carbocycles. The van der Waals surface area contributed by atoms with Crippen molar-refractivity contribution in [1.29, 1.82) is 0 Å². The molecule has 24 heavy (non-hydrogen) atoms. The first kappa shape index (κ1) is 15.8. The fourth-order valence-corrected chi connectivity index (χ4v) is 3.74. The minimum absolute atomic E-state index is 0.0193. The monoisotopic (exact) mass is 330 g/mol. The third-order valence-corrected chi connectivity index (χ3v) is 5.78. The van der Waals surface area contributed by atoms with Gasteiger partial charge in [-0.3, -0.25) is 14.5 Å². The van der Waals surface area contributed by atoms with Crippen molar-refractivity contribution in [2.75, 3.05) is 26.2 Å². The number of carbonyl (C=O) groups is 1. The summed E-state index contributed by atoms with van der Waals surface area (Å²) in [7, 11) is 0. The average molecular weight is 330 g/mol. The lowest BCUT2D eigenvalue weighted by Gasteiger charge is -2.43. The van der Waals surface area contributed by atoms with Gasteiger partial charge in [-0.2, -0.15) is 5.10 Å². The molecule has 1 aromatic rings. The lowest BCUT2D eigenvalue weighted by atomic mass is 9.91. The fourth-order valence-electron chi connectivity index (χ4n) is 3.74. The quantitative estimate of drug-likeness (QED) is 0.837. The molecule has 1 amide bonds. The van der Waals surface area contributed by atoms with Gasteiger partial charge in [-0.1, -0.05) is 6.42 Å². The van der Waals surface area contributed by atoms with Crippen molar-refractivity contribution in [2.24, 2.45) is 0 Å². The second-order valence-electron chi connectivity index (χ2n) is 7.44. The molecular formula is C18H26N4O2. The Balaban J connectivity index is 1.42. The number of amides is 1. The minimum Gasteiger partial charge on any atom is -0.338 e. The zero-order valence-corrected chi connectivity index (χ0v) is 14.4. The number of hydrogen-bond acceptors (Lipinski definition) is 4. The third kappa shape index (κ3) is 2.99. The number of aromatic nitrogens is 2. The van der Waals surface area contributed by atoms with Crippen LogP contribution in [0, 0.1) is 0 Å². The highest BCUT2D eigenvalue weighted by molar-refractivity contribution is 5.80. The maximum atomic E-state index is 12.8. The summed E-state index contributed by atoms with van der Waals surface area (Å²) in [5, 5.41) is 4.46. The predicted octanol–water partition coefficient (Wildman–Crippen LogP) is 1.38. The lowest BCUT2D eigenvalue weighted by Crippen LogP contribution is -2.54. The van der Waals surface area contributed by atoms with Crippen molar-refractivity contribution in [3.8, 4) is 0 Å². The van der Waals surface area contributed by atoms with E-state index in [2.05, 4.69) is 10.00 Å². The first-order valence-corrected chi connectivity index (χ1v) is 9.26. The number of nitrogens with zero attached hydrogens (tertiary/aromatic N) is 4. The first-order valence-electron chi connectivity index (χ1n) is 9.26. The Labute approximate surface area is 142 Å². The van der Waals surface area contributed by atoms with Gasteiger partial charge in [0, 0.05) is 44.2 Å². The van der Waals surface area contributed by atoms with E-state index in [1.54, 1.807) is 13.0 Å². The van der Waals surface area contributed by atoms with Crippen LogP contribution >= 0.6 is 0 Å². The Kier molecular flexibility index (Phi) is 4.16. The maximum absolute atomic E-state index is 12.8. The molecule has 2 aliphatic carbocycles. The van der Waals surface area contributed by atoms with Gasteiger partial charge in [-0.25, -0.2) is 4.68 Å². The van der Waals surface area contributed by atoms with Crippen molar-refractivity contribution in [2.45, 2.75) is 57.0 Å². The molecule has 6 nitrogen and oxygen atoms in total. The molecule has 1 saturated heterocycles. The molecule has 3 aliphatic rings. The summed E-state index contributed by atoms with van der Waals surface area (Å²) in [6.45, 7) is 5.22. The van der Waals surface area contributed by atoms with Crippen LogP contribution in [-0.4, -0.2) is 57.7 Å². The molecule has 2 heterocycles. The molecule has 0 spiro atoms. The van der Waals surface area contributed by atoms with Crippen molar-refractivity contribution < 1.29 is 4.79 Å². The molecule has 4 rings (SSSR count). The molecule has 1 aromatic heterocycles. The van der Waals surface area contributed by atoms with Gasteiger partial charge in [0.25, 0.3) is 5.56 Å². The van der Waals surface area contributed by atoms with Crippen LogP contribution in [-0.2, 0) is 4.79 Å². The summed E-state index contributed by atoms with van der Waals surface area (Å²) in [5.41, 5.74) is 0.761. The zero-order chi connectivity index (χ0) is 16.7. The Morgan fingerprint density at radius 3 is 2.42 bits per heavy atom. The summed E-state index contributed by atoms with van der Waals surface area (Å²) in [6.07, 6.45) is 6.22. The van der Waals surface area contributed by atoms with Gasteiger partial charge in [0.1, 0.15) is 6.04 Å². The van der Waals surface area contributed by atoms with Gasteiger partial charge in [0.2, 0.25) is 5.91 Å². The van der Waals surface area contributed by atoms with E-state index in [0.717, 1.165) is 50.8 Å². The van der Waals surface area contributed by atoms with Crippen LogP contribution in [0.1, 0.15) is 56.7 Å². The second kappa shape index (κ2) is 6.31. The third-order valence-electron chi connectivity index (χ3n) is 5.78. The average Bonchev–Trinajstić information content (AvgIpc) is 3.38. The van der Waals surface area contributed by atoms with Gasteiger partial charge in [0.05, 0.1) is 5.69 Å². The van der Waals surface area contributed by atoms with E-state index < -0.39 is 6.04 Å². The second-order valence-corrected chi connectivity index (χ2v) is 7.44. The van der Waals surface area contributed by atoms with E-state index in [4.69, 9.17) is 0 Å². The molecule has 0 bridgehead atoms. The van der Waals surface area contributed by atoms with Crippen molar-refractivity contribution in [3.63, 3.8) is 0 Å². The van der Waals surface area contributed by atoms with Gasteiger partial charge >= 0.3 is 0 Å². The first-order chi connectivity index (χ1) is 11.6. The van der Waals surface area contributed by atoms with Gasteiger partial charge < -0.3 is 4.90 Å². The molecule has 1 unspecified atom stereocenters. The highest BCUT2D eigenvalue weighted by atomic mass is 16.2. The van der Waals surface area contributed by atoms with Crippen LogP contribution < -0.4 is 5.56 Å². The number of carbonyl (C=O) groups excluding carboxylic acids is 1. The minimum atomic E-state index is -0.522. The Hall–Kier alpha value is -1.69.